The van der Waals surface area contributed by atoms with E-state index in [0.717, 1.165) is 0 Å². The lowest BCUT2D eigenvalue weighted by Crippen LogP contribution is -2.53. The van der Waals surface area contributed by atoms with Gasteiger partial charge in [-0.2, -0.15) is 0 Å². The molecule has 27 heavy (non-hydrogen) atoms. The van der Waals surface area contributed by atoms with Crippen LogP contribution < -0.4 is 5.32 Å². The normalized spacial score (nSPS) is 15.8. The Bertz CT molecular complexity index is 1010. The van der Waals surface area contributed by atoms with Crippen LogP contribution in [0.1, 0.15) is 4.88 Å². The maximum absolute atomic E-state index is 12.6. The van der Waals surface area contributed by atoms with Crippen molar-refractivity contribution in [1.82, 2.24) is 10.2 Å². The second-order valence-electron chi connectivity index (χ2n) is 5.49. The highest BCUT2D eigenvalue weighted by atomic mass is 32.1. The van der Waals surface area contributed by atoms with Crippen LogP contribution in [0.5, 0.6) is 0 Å². The van der Waals surface area contributed by atoms with Gasteiger partial charge in [0.05, 0.1) is 10.5 Å². The van der Waals surface area contributed by atoms with Crippen LogP contribution in [0.15, 0.2) is 53.9 Å². The molecule has 0 spiro atoms. The van der Waals surface area contributed by atoms with Crippen molar-refractivity contribution >= 4 is 52.2 Å². The molecule has 3 rings (SSSR count). The van der Waals surface area contributed by atoms with Crippen molar-refractivity contribution in [2.24, 2.45) is 0 Å². The van der Waals surface area contributed by atoms with Gasteiger partial charge in [-0.15, -0.1) is 17.9 Å². The van der Waals surface area contributed by atoms with Crippen LogP contribution in [-0.2, 0) is 9.59 Å². The first kappa shape index (κ1) is 18.6. The number of nitrogens with zero attached hydrogens (tertiary/aromatic N) is 2. The van der Waals surface area contributed by atoms with Crippen molar-refractivity contribution in [3.63, 3.8) is 0 Å². The van der Waals surface area contributed by atoms with Crippen molar-refractivity contribution in [2.75, 3.05) is 6.54 Å². The monoisotopic (exact) mass is 399 g/mol. The predicted octanol–water partition coefficient (Wildman–Crippen LogP) is 3.14. The molecule has 2 amide bonds. The number of rotatable bonds is 5. The average Bonchev–Trinajstić information content (AvgIpc) is 3.10. The summed E-state index contributed by atoms with van der Waals surface area (Å²) in [5.41, 5.74) is 0.846. The molecule has 1 aromatic carbocycles. The van der Waals surface area contributed by atoms with E-state index in [9.17, 15) is 19.7 Å². The number of hydrogen-bond acceptors (Lipinski definition) is 6. The SMILES string of the molecule is C=CCN1C(=O)/C(=C\c2sccc2-c2ccccc2[N+](=O)[O-])C(=O)NC1=S. The molecule has 0 bridgehead atoms. The van der Waals surface area contributed by atoms with Crippen molar-refractivity contribution in [2.45, 2.75) is 0 Å². The quantitative estimate of drug-likeness (QED) is 0.208. The molecule has 0 atom stereocenters. The van der Waals surface area contributed by atoms with Gasteiger partial charge in [0, 0.05) is 23.1 Å². The van der Waals surface area contributed by atoms with Gasteiger partial charge in [0.2, 0.25) is 0 Å². The minimum atomic E-state index is -0.604. The number of nitro groups is 1. The first-order valence-corrected chi connectivity index (χ1v) is 9.04. The van der Waals surface area contributed by atoms with Crippen LogP contribution in [0.2, 0.25) is 0 Å². The zero-order chi connectivity index (χ0) is 19.6. The van der Waals surface area contributed by atoms with E-state index in [0.29, 0.717) is 16.0 Å². The molecular weight excluding hydrogens is 386 g/mol. The van der Waals surface area contributed by atoms with Crippen LogP contribution in [0.3, 0.4) is 0 Å². The number of hydrogen-bond donors (Lipinski definition) is 1. The molecule has 0 radical (unpaired) electrons. The third kappa shape index (κ3) is 3.55. The number of carbonyl (C=O) groups excluding carboxylic acids is 2. The zero-order valence-electron chi connectivity index (χ0n) is 13.9. The molecule has 1 saturated heterocycles. The standard InChI is InChI=1S/C18H13N3O4S2/c1-2-8-20-17(23)13(16(22)19-18(20)26)10-15-12(7-9-27-15)11-5-3-4-6-14(11)21(24)25/h2-7,9-10H,1,8H2,(H,19,22,26)/b13-10-. The Labute approximate surface area is 163 Å². The fraction of sp³-hybridized carbons (Fsp3) is 0.0556. The van der Waals surface area contributed by atoms with Gasteiger partial charge >= 0.3 is 0 Å². The molecule has 1 aliphatic heterocycles. The Kier molecular flexibility index (Phi) is 5.24. The Balaban J connectivity index is 2.07. The van der Waals surface area contributed by atoms with Crippen molar-refractivity contribution in [3.8, 4) is 11.1 Å². The number of nitrogens with one attached hydrogen (secondary N) is 1. The molecule has 2 heterocycles. The second kappa shape index (κ2) is 7.60. The van der Waals surface area contributed by atoms with E-state index in [4.69, 9.17) is 12.2 Å². The molecule has 136 valence electrons. The van der Waals surface area contributed by atoms with E-state index in [1.165, 1.54) is 34.5 Å². The van der Waals surface area contributed by atoms with Gasteiger partial charge in [-0.05, 0) is 35.8 Å². The van der Waals surface area contributed by atoms with Gasteiger partial charge < -0.3 is 0 Å². The minimum Gasteiger partial charge on any atom is -0.298 e. The first-order chi connectivity index (χ1) is 12.9. The van der Waals surface area contributed by atoms with E-state index in [-0.39, 0.29) is 22.9 Å². The van der Waals surface area contributed by atoms with E-state index in [1.807, 2.05) is 0 Å². The van der Waals surface area contributed by atoms with Gasteiger partial charge in [0.1, 0.15) is 5.57 Å². The summed E-state index contributed by atoms with van der Waals surface area (Å²) < 4.78 is 0. The lowest BCUT2D eigenvalue weighted by Gasteiger charge is -2.27. The topological polar surface area (TPSA) is 92.6 Å². The average molecular weight is 399 g/mol. The minimum absolute atomic E-state index is 0.0205. The van der Waals surface area contributed by atoms with E-state index in [2.05, 4.69) is 11.9 Å². The highest BCUT2D eigenvalue weighted by Crippen LogP contribution is 2.36. The molecule has 1 fully saturated rings. The molecule has 9 heteroatoms. The summed E-state index contributed by atoms with van der Waals surface area (Å²) in [6, 6.07) is 8.03. The lowest BCUT2D eigenvalue weighted by atomic mass is 10.0. The number of thiophene rings is 1. The summed E-state index contributed by atoms with van der Waals surface area (Å²) in [7, 11) is 0. The van der Waals surface area contributed by atoms with Crippen LogP contribution in [0.25, 0.3) is 17.2 Å². The van der Waals surface area contributed by atoms with Crippen LogP contribution in [0.4, 0.5) is 5.69 Å². The smallest absolute Gasteiger partial charge is 0.277 e. The molecule has 1 N–H and O–H groups in total. The zero-order valence-corrected chi connectivity index (χ0v) is 15.5. The molecule has 7 nitrogen and oxygen atoms in total. The number of nitro benzene ring substituents is 1. The first-order valence-electron chi connectivity index (χ1n) is 7.75. The van der Waals surface area contributed by atoms with Crippen molar-refractivity contribution < 1.29 is 14.5 Å². The summed E-state index contributed by atoms with van der Waals surface area (Å²) in [5, 5.41) is 15.6. The van der Waals surface area contributed by atoms with E-state index in [1.54, 1.807) is 29.6 Å². The van der Waals surface area contributed by atoms with Gasteiger partial charge in [0.25, 0.3) is 17.5 Å². The number of benzene rings is 1. The van der Waals surface area contributed by atoms with E-state index >= 15 is 0 Å². The highest BCUT2D eigenvalue weighted by Gasteiger charge is 2.33. The molecule has 0 unspecified atom stereocenters. The number of para-hydroxylation sites is 1. The molecule has 0 saturated carbocycles. The van der Waals surface area contributed by atoms with Crippen molar-refractivity contribution in [1.29, 1.82) is 0 Å². The maximum atomic E-state index is 12.6. The number of carbonyl (C=O) groups is 2. The van der Waals surface area contributed by atoms with Gasteiger partial charge in [-0.25, -0.2) is 0 Å². The summed E-state index contributed by atoms with van der Waals surface area (Å²) in [6.07, 6.45) is 2.94. The molecule has 0 aliphatic carbocycles. The van der Waals surface area contributed by atoms with Gasteiger partial charge in [-0.1, -0.05) is 18.2 Å². The Morgan fingerprint density at radius 3 is 2.70 bits per heavy atom. The number of amides is 2. The third-order valence-corrected chi connectivity index (χ3v) is 5.05. The Morgan fingerprint density at radius 2 is 2.00 bits per heavy atom. The maximum Gasteiger partial charge on any atom is 0.277 e. The van der Waals surface area contributed by atoms with Crippen molar-refractivity contribution in [3.05, 3.63) is 68.9 Å². The predicted molar refractivity (Wildman–Crippen MR) is 107 cm³/mol. The molecule has 1 aliphatic rings. The van der Waals surface area contributed by atoms with Crippen LogP contribution in [-0.4, -0.2) is 33.3 Å². The van der Waals surface area contributed by atoms with Crippen LogP contribution in [0, 0.1) is 10.1 Å². The second-order valence-corrected chi connectivity index (χ2v) is 6.83. The van der Waals surface area contributed by atoms with Crippen LogP contribution >= 0.6 is 23.6 Å². The molecular formula is C18H13N3O4S2. The Hall–Kier alpha value is -3.17. The molecule has 2 aromatic rings. The molecule has 1 aromatic heterocycles. The van der Waals surface area contributed by atoms with E-state index < -0.39 is 16.7 Å². The largest absolute Gasteiger partial charge is 0.298 e. The summed E-state index contributed by atoms with van der Waals surface area (Å²) in [6.45, 7) is 3.74. The van der Waals surface area contributed by atoms with Gasteiger partial charge in [0.15, 0.2) is 5.11 Å². The van der Waals surface area contributed by atoms with Gasteiger partial charge in [-0.3, -0.25) is 29.9 Å². The lowest BCUT2D eigenvalue weighted by molar-refractivity contribution is -0.384. The summed E-state index contributed by atoms with van der Waals surface area (Å²) in [4.78, 5) is 37.6. The summed E-state index contributed by atoms with van der Waals surface area (Å²) >= 11 is 6.30. The third-order valence-electron chi connectivity index (χ3n) is 3.86. The highest BCUT2D eigenvalue weighted by molar-refractivity contribution is 7.80. The fourth-order valence-corrected chi connectivity index (χ4v) is 3.73. The number of thiocarbonyl (C=S) groups is 1. The Morgan fingerprint density at radius 1 is 1.26 bits per heavy atom. The fourth-order valence-electron chi connectivity index (χ4n) is 2.64. The summed E-state index contributed by atoms with van der Waals surface area (Å²) in [5.74, 6) is -1.14.